The minimum Gasteiger partial charge on any atom is -0.289 e. The predicted octanol–water partition coefficient (Wildman–Crippen LogP) is 3.00. The highest BCUT2D eigenvalue weighted by atomic mass is 14.7. The van der Waals surface area contributed by atoms with Crippen molar-refractivity contribution in [2.24, 2.45) is 4.99 Å². The van der Waals surface area contributed by atoms with E-state index in [-0.39, 0.29) is 0 Å². The van der Waals surface area contributed by atoms with E-state index < -0.39 is 0 Å². The van der Waals surface area contributed by atoms with Crippen LogP contribution in [0, 0.1) is 0 Å². The van der Waals surface area contributed by atoms with Crippen LogP contribution >= 0.6 is 0 Å². The second kappa shape index (κ2) is 3.95. The molecule has 1 heterocycles. The fourth-order valence-electron chi connectivity index (χ4n) is 2.03. The van der Waals surface area contributed by atoms with Crippen molar-refractivity contribution in [2.75, 3.05) is 6.54 Å². The van der Waals surface area contributed by atoms with Gasteiger partial charge in [-0.15, -0.1) is 0 Å². The van der Waals surface area contributed by atoms with Gasteiger partial charge in [-0.3, -0.25) is 4.99 Å². The van der Waals surface area contributed by atoms with E-state index in [2.05, 4.69) is 37.0 Å². The van der Waals surface area contributed by atoms with Gasteiger partial charge in [0.1, 0.15) is 0 Å². The van der Waals surface area contributed by atoms with Crippen LogP contribution in [0.15, 0.2) is 23.2 Å². The lowest BCUT2D eigenvalue weighted by atomic mass is 9.94. The molecule has 0 spiro atoms. The van der Waals surface area contributed by atoms with E-state index in [0.717, 1.165) is 25.8 Å². The molecule has 0 N–H and O–H groups in total. The van der Waals surface area contributed by atoms with Crippen LogP contribution < -0.4 is 0 Å². The van der Waals surface area contributed by atoms with Crippen LogP contribution in [-0.2, 0) is 12.8 Å². The molecule has 0 saturated carbocycles. The van der Waals surface area contributed by atoms with Crippen LogP contribution in [0.1, 0.15) is 37.0 Å². The molecule has 1 aliphatic rings. The largest absolute Gasteiger partial charge is 0.289 e. The van der Waals surface area contributed by atoms with Crippen LogP contribution in [0.3, 0.4) is 0 Å². The molecule has 2 rings (SSSR count). The first-order valence-corrected chi connectivity index (χ1v) is 5.50. The number of rotatable bonds is 2. The zero-order valence-corrected chi connectivity index (χ0v) is 9.01. The standard InChI is InChI=1S/C13H17N/c1-3-10-5-6-11-7-8-14-13(4-2)12(11)9-10/h5-6,9H,3-4,7-8H2,1-2H3. The third kappa shape index (κ3) is 1.59. The highest BCUT2D eigenvalue weighted by Crippen LogP contribution is 2.19. The Morgan fingerprint density at radius 3 is 2.79 bits per heavy atom. The molecule has 1 heteroatoms. The molecule has 0 aliphatic carbocycles. The Morgan fingerprint density at radius 2 is 2.07 bits per heavy atom. The molecule has 1 aromatic rings. The molecule has 0 radical (unpaired) electrons. The van der Waals surface area contributed by atoms with Crippen molar-refractivity contribution in [1.82, 2.24) is 0 Å². The Kier molecular flexibility index (Phi) is 2.67. The molecule has 74 valence electrons. The number of fused-ring (bicyclic) bond motifs is 1. The average molecular weight is 187 g/mol. The summed E-state index contributed by atoms with van der Waals surface area (Å²) in [6.07, 6.45) is 3.28. The predicted molar refractivity (Wildman–Crippen MR) is 61.2 cm³/mol. The van der Waals surface area contributed by atoms with E-state index in [1.165, 1.54) is 22.4 Å². The van der Waals surface area contributed by atoms with Crippen molar-refractivity contribution in [1.29, 1.82) is 0 Å². The van der Waals surface area contributed by atoms with Crippen LogP contribution in [0.4, 0.5) is 0 Å². The fraction of sp³-hybridized carbons (Fsp3) is 0.462. The summed E-state index contributed by atoms with van der Waals surface area (Å²) in [5, 5.41) is 0. The third-order valence-corrected chi connectivity index (χ3v) is 2.91. The van der Waals surface area contributed by atoms with Crippen LogP contribution in [-0.4, -0.2) is 12.3 Å². The van der Waals surface area contributed by atoms with Crippen molar-refractivity contribution in [3.05, 3.63) is 34.9 Å². The summed E-state index contributed by atoms with van der Waals surface area (Å²) in [5.41, 5.74) is 5.60. The van der Waals surface area contributed by atoms with Crippen molar-refractivity contribution < 1.29 is 0 Å². The quantitative estimate of drug-likeness (QED) is 0.675. The molecule has 1 aromatic carbocycles. The van der Waals surface area contributed by atoms with Gasteiger partial charge < -0.3 is 0 Å². The van der Waals surface area contributed by atoms with Crippen LogP contribution in [0.5, 0.6) is 0 Å². The Bertz CT molecular complexity index is 363. The number of aliphatic imine (C=N–C) groups is 1. The number of hydrogen-bond donors (Lipinski definition) is 0. The van der Waals surface area contributed by atoms with Gasteiger partial charge in [-0.1, -0.05) is 26.0 Å². The zero-order valence-electron chi connectivity index (χ0n) is 9.01. The number of hydrogen-bond acceptors (Lipinski definition) is 1. The van der Waals surface area contributed by atoms with Gasteiger partial charge in [-0.25, -0.2) is 0 Å². The lowest BCUT2D eigenvalue weighted by Crippen LogP contribution is -2.12. The van der Waals surface area contributed by atoms with E-state index >= 15 is 0 Å². The maximum atomic E-state index is 4.58. The van der Waals surface area contributed by atoms with E-state index in [1.807, 2.05) is 0 Å². The van der Waals surface area contributed by atoms with Gasteiger partial charge in [0.25, 0.3) is 0 Å². The molecule has 1 nitrogen and oxygen atoms in total. The molecule has 0 saturated heterocycles. The van der Waals surface area contributed by atoms with E-state index in [9.17, 15) is 0 Å². The van der Waals surface area contributed by atoms with Gasteiger partial charge in [-0.2, -0.15) is 0 Å². The molecule has 0 fully saturated rings. The average Bonchev–Trinajstić information content (AvgIpc) is 2.27. The SMILES string of the molecule is CCC1=NCCc2ccc(CC)cc21. The van der Waals surface area contributed by atoms with Gasteiger partial charge in [0.05, 0.1) is 0 Å². The molecular weight excluding hydrogens is 170 g/mol. The Morgan fingerprint density at radius 1 is 1.21 bits per heavy atom. The molecule has 0 unspecified atom stereocenters. The molecule has 14 heavy (non-hydrogen) atoms. The molecule has 0 aromatic heterocycles. The van der Waals surface area contributed by atoms with Gasteiger partial charge in [0.2, 0.25) is 0 Å². The van der Waals surface area contributed by atoms with Gasteiger partial charge in [0.15, 0.2) is 0 Å². The lowest BCUT2D eigenvalue weighted by Gasteiger charge is -2.16. The highest BCUT2D eigenvalue weighted by molar-refractivity contribution is 6.02. The van der Waals surface area contributed by atoms with Gasteiger partial charge in [-0.05, 0) is 42.0 Å². The number of nitrogens with zero attached hydrogens (tertiary/aromatic N) is 1. The normalized spacial score (nSPS) is 14.9. The summed E-state index contributed by atoms with van der Waals surface area (Å²) in [4.78, 5) is 4.58. The van der Waals surface area contributed by atoms with Crippen molar-refractivity contribution in [2.45, 2.75) is 33.1 Å². The summed E-state index contributed by atoms with van der Waals surface area (Å²) in [5.74, 6) is 0. The van der Waals surface area contributed by atoms with Gasteiger partial charge in [0, 0.05) is 12.3 Å². The second-order valence-electron chi connectivity index (χ2n) is 3.78. The van der Waals surface area contributed by atoms with Crippen molar-refractivity contribution in [3.63, 3.8) is 0 Å². The minimum atomic E-state index is 0.974. The monoisotopic (exact) mass is 187 g/mol. The molecule has 0 atom stereocenters. The third-order valence-electron chi connectivity index (χ3n) is 2.91. The first-order chi connectivity index (χ1) is 6.85. The maximum Gasteiger partial charge on any atom is 0.0433 e. The maximum absolute atomic E-state index is 4.58. The summed E-state index contributed by atoms with van der Waals surface area (Å²) in [7, 11) is 0. The Hall–Kier alpha value is -1.11. The molecule has 0 bridgehead atoms. The smallest absolute Gasteiger partial charge is 0.0433 e. The van der Waals surface area contributed by atoms with E-state index in [4.69, 9.17) is 0 Å². The van der Waals surface area contributed by atoms with Crippen molar-refractivity contribution in [3.8, 4) is 0 Å². The highest BCUT2D eigenvalue weighted by Gasteiger charge is 2.12. The fourth-order valence-corrected chi connectivity index (χ4v) is 2.03. The minimum absolute atomic E-state index is 0.974. The van der Waals surface area contributed by atoms with E-state index in [1.54, 1.807) is 0 Å². The number of benzene rings is 1. The summed E-state index contributed by atoms with van der Waals surface area (Å²) in [6.45, 7) is 5.36. The first kappa shape index (κ1) is 9.45. The summed E-state index contributed by atoms with van der Waals surface area (Å²) >= 11 is 0. The number of aryl methyl sites for hydroxylation is 1. The van der Waals surface area contributed by atoms with E-state index in [0.29, 0.717) is 0 Å². The Labute approximate surface area is 85.9 Å². The van der Waals surface area contributed by atoms with Crippen molar-refractivity contribution >= 4 is 5.71 Å². The van der Waals surface area contributed by atoms with Gasteiger partial charge >= 0.3 is 0 Å². The molecule has 1 aliphatic heterocycles. The second-order valence-corrected chi connectivity index (χ2v) is 3.78. The topological polar surface area (TPSA) is 12.4 Å². The molecular formula is C13H17N. The summed E-state index contributed by atoms with van der Waals surface area (Å²) in [6, 6.07) is 6.84. The summed E-state index contributed by atoms with van der Waals surface area (Å²) < 4.78 is 0. The Balaban J connectivity index is 2.46. The zero-order chi connectivity index (χ0) is 9.97. The van der Waals surface area contributed by atoms with Crippen LogP contribution in [0.25, 0.3) is 0 Å². The molecule has 0 amide bonds. The lowest BCUT2D eigenvalue weighted by molar-refractivity contribution is 0.927. The first-order valence-electron chi connectivity index (χ1n) is 5.50. The van der Waals surface area contributed by atoms with Crippen LogP contribution in [0.2, 0.25) is 0 Å².